The molecule has 0 saturated heterocycles. The monoisotopic (exact) mass is 294 g/mol. The molecule has 114 valence electrons. The Morgan fingerprint density at radius 2 is 1.95 bits per heavy atom. The lowest BCUT2D eigenvalue weighted by atomic mass is 10.4. The first-order valence-electron chi connectivity index (χ1n) is 6.46. The zero-order chi connectivity index (χ0) is 15.1. The molecule has 0 aromatic heterocycles. The average molecular weight is 294 g/mol. The molecule has 7 nitrogen and oxygen atoms in total. The Balaban J connectivity index is 4.69. The van der Waals surface area contributed by atoms with Gasteiger partial charge in [0.25, 0.3) is 10.2 Å². The van der Waals surface area contributed by atoms with Gasteiger partial charge in [-0.05, 0) is 26.8 Å². The Morgan fingerprint density at radius 1 is 1.37 bits per heavy atom. The molecule has 0 saturated carbocycles. The van der Waals surface area contributed by atoms with Crippen molar-refractivity contribution in [2.75, 3.05) is 33.2 Å². The van der Waals surface area contributed by atoms with Gasteiger partial charge in [0.2, 0.25) is 5.91 Å². The van der Waals surface area contributed by atoms with Crippen molar-refractivity contribution >= 4 is 16.1 Å². The first-order valence-corrected chi connectivity index (χ1v) is 7.86. The number of nitrogens with one attached hydrogen (secondary N) is 1. The Hall–Kier alpha value is -0.700. The van der Waals surface area contributed by atoms with Gasteiger partial charge >= 0.3 is 0 Å². The first kappa shape index (κ1) is 18.3. The lowest BCUT2D eigenvalue weighted by molar-refractivity contribution is -0.121. The Morgan fingerprint density at radius 3 is 2.37 bits per heavy atom. The normalized spacial score (nSPS) is 12.4. The third-order valence-electron chi connectivity index (χ3n) is 2.52. The molecule has 0 fully saturated rings. The molecule has 0 heterocycles. The Bertz CT molecular complexity index is 370. The minimum atomic E-state index is -3.60. The van der Waals surface area contributed by atoms with Gasteiger partial charge in [-0.15, -0.1) is 0 Å². The van der Waals surface area contributed by atoms with E-state index in [1.54, 1.807) is 6.92 Å². The third-order valence-corrected chi connectivity index (χ3v) is 4.53. The lowest BCUT2D eigenvalue weighted by Crippen LogP contribution is -2.47. The summed E-state index contributed by atoms with van der Waals surface area (Å²) in [6.07, 6.45) is 0.589. The second-order valence-corrected chi connectivity index (χ2v) is 6.66. The fraction of sp³-hybridized carbons (Fsp3) is 0.909. The SMILES string of the molecule is CCN(CC(=O)NC(C)C)S(=O)(=O)N(C)CCCN. The minimum Gasteiger partial charge on any atom is -0.353 e. The summed E-state index contributed by atoms with van der Waals surface area (Å²) >= 11 is 0. The van der Waals surface area contributed by atoms with Gasteiger partial charge in [0.1, 0.15) is 0 Å². The number of nitrogens with two attached hydrogens (primary N) is 1. The molecule has 1 amide bonds. The van der Waals surface area contributed by atoms with Crippen molar-refractivity contribution in [2.24, 2.45) is 5.73 Å². The number of amides is 1. The fourth-order valence-electron chi connectivity index (χ4n) is 1.51. The van der Waals surface area contributed by atoms with Gasteiger partial charge in [-0.25, -0.2) is 0 Å². The number of carbonyl (C=O) groups excluding carboxylic acids is 1. The van der Waals surface area contributed by atoms with Gasteiger partial charge in [-0.1, -0.05) is 6.92 Å². The number of nitrogens with zero attached hydrogens (tertiary/aromatic N) is 2. The summed E-state index contributed by atoms with van der Waals surface area (Å²) in [5.41, 5.74) is 5.37. The lowest BCUT2D eigenvalue weighted by Gasteiger charge is -2.26. The third kappa shape index (κ3) is 6.33. The van der Waals surface area contributed by atoms with Gasteiger partial charge in [-0.2, -0.15) is 17.0 Å². The van der Waals surface area contributed by atoms with Gasteiger partial charge < -0.3 is 11.1 Å². The first-order chi connectivity index (χ1) is 8.75. The van der Waals surface area contributed by atoms with Crippen LogP contribution in [0.2, 0.25) is 0 Å². The summed E-state index contributed by atoms with van der Waals surface area (Å²) in [7, 11) is -2.11. The van der Waals surface area contributed by atoms with E-state index in [9.17, 15) is 13.2 Å². The average Bonchev–Trinajstić information content (AvgIpc) is 2.31. The predicted molar refractivity (Wildman–Crippen MR) is 75.7 cm³/mol. The van der Waals surface area contributed by atoms with Crippen molar-refractivity contribution in [1.29, 1.82) is 0 Å². The summed E-state index contributed by atoms with van der Waals surface area (Å²) < 4.78 is 26.8. The maximum atomic E-state index is 12.2. The molecule has 0 aliphatic rings. The van der Waals surface area contributed by atoms with Crippen molar-refractivity contribution in [3.05, 3.63) is 0 Å². The van der Waals surface area contributed by atoms with Gasteiger partial charge in [0.15, 0.2) is 0 Å². The Labute approximate surface area is 116 Å². The number of carbonyl (C=O) groups is 1. The van der Waals surface area contributed by atoms with E-state index in [4.69, 9.17) is 5.73 Å². The summed E-state index contributed by atoms with van der Waals surface area (Å²) in [5.74, 6) is -0.298. The number of likely N-dealkylation sites (N-methyl/N-ethyl adjacent to an activating group) is 1. The van der Waals surface area contributed by atoms with Crippen LogP contribution >= 0.6 is 0 Å². The molecule has 19 heavy (non-hydrogen) atoms. The van der Waals surface area contributed by atoms with E-state index < -0.39 is 10.2 Å². The van der Waals surface area contributed by atoms with Crippen molar-refractivity contribution in [2.45, 2.75) is 33.2 Å². The van der Waals surface area contributed by atoms with Crippen LogP contribution in [-0.2, 0) is 15.0 Å². The summed E-state index contributed by atoms with van der Waals surface area (Å²) in [4.78, 5) is 11.7. The van der Waals surface area contributed by atoms with Crippen LogP contribution in [0.5, 0.6) is 0 Å². The number of hydrogen-bond acceptors (Lipinski definition) is 4. The quantitative estimate of drug-likeness (QED) is 0.591. The topological polar surface area (TPSA) is 95.7 Å². The molecule has 0 unspecified atom stereocenters. The molecular formula is C11H26N4O3S. The largest absolute Gasteiger partial charge is 0.353 e. The standard InChI is InChI=1S/C11H26N4O3S/c1-5-15(9-11(16)13-10(2)3)19(17,18)14(4)8-6-7-12/h10H,5-9,12H2,1-4H3,(H,13,16). The van der Waals surface area contributed by atoms with E-state index >= 15 is 0 Å². The highest BCUT2D eigenvalue weighted by molar-refractivity contribution is 7.86. The van der Waals surface area contributed by atoms with Gasteiger partial charge in [-0.3, -0.25) is 4.79 Å². The van der Waals surface area contributed by atoms with Gasteiger partial charge in [0, 0.05) is 26.2 Å². The summed E-state index contributed by atoms with van der Waals surface area (Å²) in [6.45, 7) is 6.23. The molecule has 0 aromatic rings. The second kappa shape index (κ2) is 8.47. The van der Waals surface area contributed by atoms with E-state index in [2.05, 4.69) is 5.32 Å². The summed E-state index contributed by atoms with van der Waals surface area (Å²) in [6, 6.07) is -0.0103. The highest BCUT2D eigenvalue weighted by Crippen LogP contribution is 2.06. The zero-order valence-corrected chi connectivity index (χ0v) is 13.0. The molecule has 0 aliphatic carbocycles. The van der Waals surface area contributed by atoms with Crippen molar-refractivity contribution < 1.29 is 13.2 Å². The Kier molecular flexibility index (Phi) is 8.15. The molecule has 0 spiro atoms. The zero-order valence-electron chi connectivity index (χ0n) is 12.2. The van der Waals surface area contributed by atoms with Crippen LogP contribution < -0.4 is 11.1 Å². The maximum Gasteiger partial charge on any atom is 0.282 e. The molecule has 8 heteroatoms. The molecule has 0 rings (SSSR count). The van der Waals surface area contributed by atoms with Crippen molar-refractivity contribution in [1.82, 2.24) is 13.9 Å². The number of hydrogen-bond donors (Lipinski definition) is 2. The molecular weight excluding hydrogens is 268 g/mol. The van der Waals surface area contributed by atoms with E-state index in [1.165, 1.54) is 11.4 Å². The van der Waals surface area contributed by atoms with E-state index in [0.717, 1.165) is 4.31 Å². The van der Waals surface area contributed by atoms with E-state index in [0.29, 0.717) is 19.5 Å². The molecule has 0 aromatic carbocycles. The van der Waals surface area contributed by atoms with Crippen molar-refractivity contribution in [3.8, 4) is 0 Å². The fourth-order valence-corrected chi connectivity index (χ4v) is 2.87. The van der Waals surface area contributed by atoms with E-state index in [1.807, 2.05) is 13.8 Å². The second-order valence-electron chi connectivity index (χ2n) is 4.62. The molecule has 3 N–H and O–H groups in total. The molecule has 0 bridgehead atoms. The molecule has 0 atom stereocenters. The minimum absolute atomic E-state index is 0.0103. The molecule has 0 radical (unpaired) electrons. The molecule has 0 aliphatic heterocycles. The van der Waals surface area contributed by atoms with Gasteiger partial charge in [0.05, 0.1) is 6.54 Å². The van der Waals surface area contributed by atoms with E-state index in [-0.39, 0.29) is 25.0 Å². The van der Waals surface area contributed by atoms with Crippen LogP contribution in [0.15, 0.2) is 0 Å². The van der Waals surface area contributed by atoms with Crippen LogP contribution in [0.25, 0.3) is 0 Å². The van der Waals surface area contributed by atoms with Crippen LogP contribution in [-0.4, -0.2) is 62.2 Å². The van der Waals surface area contributed by atoms with Crippen LogP contribution in [0.1, 0.15) is 27.2 Å². The van der Waals surface area contributed by atoms with Crippen LogP contribution in [0.4, 0.5) is 0 Å². The van der Waals surface area contributed by atoms with Crippen LogP contribution in [0, 0.1) is 0 Å². The highest BCUT2D eigenvalue weighted by Gasteiger charge is 2.27. The predicted octanol–water partition coefficient (Wildman–Crippen LogP) is -0.642. The number of rotatable bonds is 9. The smallest absolute Gasteiger partial charge is 0.282 e. The van der Waals surface area contributed by atoms with Crippen LogP contribution in [0.3, 0.4) is 0 Å². The van der Waals surface area contributed by atoms with Crippen molar-refractivity contribution in [3.63, 3.8) is 0 Å². The maximum absolute atomic E-state index is 12.2. The summed E-state index contributed by atoms with van der Waals surface area (Å²) in [5, 5.41) is 2.68. The highest BCUT2D eigenvalue weighted by atomic mass is 32.2.